The highest BCUT2D eigenvalue weighted by Crippen LogP contribution is 2.12. The Morgan fingerprint density at radius 1 is 1.14 bits per heavy atom. The van der Waals surface area contributed by atoms with Crippen LogP contribution in [0, 0.1) is 0 Å². The molecular formula is C12H22F2N6O. The number of nitrogens with one attached hydrogen (secondary N) is 2. The first-order valence-electron chi connectivity index (χ1n) is 6.89. The van der Waals surface area contributed by atoms with Crippen molar-refractivity contribution in [3.05, 3.63) is 0 Å². The maximum atomic E-state index is 11.9. The van der Waals surface area contributed by atoms with Gasteiger partial charge in [-0.3, -0.25) is 0 Å². The van der Waals surface area contributed by atoms with Crippen molar-refractivity contribution in [1.29, 1.82) is 0 Å². The monoisotopic (exact) mass is 304 g/mol. The zero-order chi connectivity index (χ0) is 15.7. The number of alkyl halides is 2. The summed E-state index contributed by atoms with van der Waals surface area (Å²) in [7, 11) is 1.72. The quantitative estimate of drug-likeness (QED) is 0.634. The van der Waals surface area contributed by atoms with Crippen LogP contribution < -0.4 is 15.5 Å². The lowest BCUT2D eigenvalue weighted by molar-refractivity contribution is 0.0214. The highest BCUT2D eigenvalue weighted by molar-refractivity contribution is 5.43. The van der Waals surface area contributed by atoms with Gasteiger partial charge in [-0.2, -0.15) is 15.0 Å². The van der Waals surface area contributed by atoms with Crippen LogP contribution in [-0.2, 0) is 4.74 Å². The second-order valence-electron chi connectivity index (χ2n) is 4.10. The van der Waals surface area contributed by atoms with Gasteiger partial charge in [0.15, 0.2) is 0 Å². The lowest BCUT2D eigenvalue weighted by atomic mass is 10.5. The van der Waals surface area contributed by atoms with Crippen LogP contribution in [0.4, 0.5) is 26.6 Å². The Labute approximate surface area is 123 Å². The normalized spacial score (nSPS) is 10.8. The number of anilines is 3. The number of rotatable bonds is 10. The minimum atomic E-state index is -2.45. The molecule has 120 valence electrons. The van der Waals surface area contributed by atoms with E-state index in [9.17, 15) is 8.78 Å². The van der Waals surface area contributed by atoms with Crippen LogP contribution in [0.3, 0.4) is 0 Å². The van der Waals surface area contributed by atoms with Crippen molar-refractivity contribution in [3.8, 4) is 0 Å². The molecule has 0 radical (unpaired) electrons. The summed E-state index contributed by atoms with van der Waals surface area (Å²) in [4.78, 5) is 14.7. The van der Waals surface area contributed by atoms with Crippen LogP contribution >= 0.6 is 0 Å². The fourth-order valence-electron chi connectivity index (χ4n) is 1.61. The first kappa shape index (κ1) is 17.3. The number of hydrogen-bond acceptors (Lipinski definition) is 7. The van der Waals surface area contributed by atoms with Crippen molar-refractivity contribution < 1.29 is 13.5 Å². The molecule has 0 saturated carbocycles. The number of hydrogen-bond donors (Lipinski definition) is 2. The summed E-state index contributed by atoms with van der Waals surface area (Å²) in [5, 5.41) is 5.81. The Kier molecular flexibility index (Phi) is 7.59. The van der Waals surface area contributed by atoms with Gasteiger partial charge in [-0.25, -0.2) is 8.78 Å². The molecule has 0 atom stereocenters. The van der Waals surface area contributed by atoms with Crippen molar-refractivity contribution in [1.82, 2.24) is 15.0 Å². The lowest BCUT2D eigenvalue weighted by Gasteiger charge is -2.19. The molecule has 0 aliphatic heterocycles. The van der Waals surface area contributed by atoms with Crippen molar-refractivity contribution in [2.24, 2.45) is 0 Å². The topological polar surface area (TPSA) is 75.2 Å². The zero-order valence-electron chi connectivity index (χ0n) is 12.6. The van der Waals surface area contributed by atoms with Crippen LogP contribution in [0.5, 0.6) is 0 Å². The van der Waals surface area contributed by atoms with Crippen LogP contribution in [0.25, 0.3) is 0 Å². The number of ether oxygens (including phenoxy) is 1. The average molecular weight is 304 g/mol. The van der Waals surface area contributed by atoms with E-state index < -0.39 is 13.0 Å². The Morgan fingerprint density at radius 3 is 2.38 bits per heavy atom. The summed E-state index contributed by atoms with van der Waals surface area (Å²) < 4.78 is 28.6. The molecule has 0 bridgehead atoms. The maximum absolute atomic E-state index is 11.9. The molecule has 0 fully saturated rings. The van der Waals surface area contributed by atoms with E-state index in [-0.39, 0.29) is 6.61 Å². The van der Waals surface area contributed by atoms with E-state index in [4.69, 9.17) is 4.74 Å². The minimum absolute atomic E-state index is 0.158. The van der Waals surface area contributed by atoms with Crippen LogP contribution in [0.15, 0.2) is 0 Å². The molecule has 21 heavy (non-hydrogen) atoms. The molecular weight excluding hydrogens is 282 g/mol. The van der Waals surface area contributed by atoms with Crippen molar-refractivity contribution in [3.63, 3.8) is 0 Å². The predicted molar refractivity (Wildman–Crippen MR) is 78.2 cm³/mol. The lowest BCUT2D eigenvalue weighted by Crippen LogP contribution is -2.25. The van der Waals surface area contributed by atoms with E-state index in [2.05, 4.69) is 25.6 Å². The average Bonchev–Trinajstić information content (AvgIpc) is 2.47. The van der Waals surface area contributed by atoms with E-state index in [1.165, 1.54) is 0 Å². The van der Waals surface area contributed by atoms with Gasteiger partial charge in [0, 0.05) is 26.7 Å². The van der Waals surface area contributed by atoms with Crippen molar-refractivity contribution >= 4 is 17.8 Å². The van der Waals surface area contributed by atoms with Crippen LogP contribution in [0.1, 0.15) is 13.8 Å². The molecule has 1 heterocycles. The molecule has 1 aromatic rings. The Hall–Kier alpha value is -1.77. The zero-order valence-corrected chi connectivity index (χ0v) is 12.6. The van der Waals surface area contributed by atoms with E-state index in [0.29, 0.717) is 24.4 Å². The molecule has 0 unspecified atom stereocenters. The third-order valence-corrected chi connectivity index (χ3v) is 2.67. The summed E-state index contributed by atoms with van der Waals surface area (Å²) in [6, 6.07) is 0. The van der Waals surface area contributed by atoms with Crippen LogP contribution in [-0.4, -0.2) is 61.3 Å². The molecule has 2 N–H and O–H groups in total. The van der Waals surface area contributed by atoms with E-state index in [0.717, 1.165) is 13.1 Å². The van der Waals surface area contributed by atoms with Crippen molar-refractivity contribution in [2.75, 3.05) is 55.4 Å². The van der Waals surface area contributed by atoms with Gasteiger partial charge in [-0.15, -0.1) is 0 Å². The minimum Gasteiger partial charge on any atom is -0.374 e. The van der Waals surface area contributed by atoms with Gasteiger partial charge in [-0.1, -0.05) is 0 Å². The second kappa shape index (κ2) is 9.22. The van der Waals surface area contributed by atoms with Gasteiger partial charge in [0.1, 0.15) is 6.61 Å². The number of nitrogens with zero attached hydrogens (tertiary/aromatic N) is 4. The molecule has 0 aromatic carbocycles. The smallest absolute Gasteiger partial charge is 0.261 e. The Balaban J connectivity index is 2.62. The summed E-state index contributed by atoms with van der Waals surface area (Å²) in [5.41, 5.74) is 0. The van der Waals surface area contributed by atoms with Gasteiger partial charge in [0.05, 0.1) is 6.61 Å². The van der Waals surface area contributed by atoms with E-state index >= 15 is 0 Å². The van der Waals surface area contributed by atoms with Gasteiger partial charge >= 0.3 is 0 Å². The fraction of sp³-hybridized carbons (Fsp3) is 0.750. The summed E-state index contributed by atoms with van der Waals surface area (Å²) >= 11 is 0. The summed E-state index contributed by atoms with van der Waals surface area (Å²) in [5.74, 6) is 1.40. The second-order valence-corrected chi connectivity index (χ2v) is 4.10. The molecule has 0 saturated heterocycles. The maximum Gasteiger partial charge on any atom is 0.261 e. The third kappa shape index (κ3) is 6.03. The predicted octanol–water partition coefficient (Wildman–Crippen LogP) is 1.45. The summed E-state index contributed by atoms with van der Waals surface area (Å²) in [6.45, 7) is 5.52. The molecule has 1 rings (SSSR count). The third-order valence-electron chi connectivity index (χ3n) is 2.67. The molecule has 0 aliphatic carbocycles. The highest BCUT2D eigenvalue weighted by atomic mass is 19.3. The van der Waals surface area contributed by atoms with Crippen LogP contribution in [0.2, 0.25) is 0 Å². The molecule has 0 amide bonds. The van der Waals surface area contributed by atoms with Gasteiger partial charge in [0.25, 0.3) is 6.43 Å². The summed E-state index contributed by atoms with van der Waals surface area (Å²) in [6.07, 6.45) is -2.45. The van der Waals surface area contributed by atoms with Gasteiger partial charge in [-0.05, 0) is 13.8 Å². The Morgan fingerprint density at radius 2 is 1.81 bits per heavy atom. The fourth-order valence-corrected chi connectivity index (χ4v) is 1.61. The number of aromatic nitrogens is 3. The van der Waals surface area contributed by atoms with E-state index in [1.807, 2.05) is 18.7 Å². The molecule has 9 heteroatoms. The molecule has 7 nitrogen and oxygen atoms in total. The molecule has 0 aliphatic rings. The van der Waals surface area contributed by atoms with E-state index in [1.54, 1.807) is 7.05 Å². The highest BCUT2D eigenvalue weighted by Gasteiger charge is 2.10. The molecule has 1 aromatic heterocycles. The standard InChI is InChI=1S/C12H22F2N6O/c1-4-20(5-2)12-18-10(15-3)17-11(19-12)16-6-7-21-8-9(13)14/h9H,4-8H2,1-3H3,(H2,15,16,17,18,19). The SMILES string of the molecule is CCN(CC)c1nc(NC)nc(NCCOCC(F)F)n1. The van der Waals surface area contributed by atoms with Gasteiger partial charge < -0.3 is 20.3 Å². The first-order chi connectivity index (χ1) is 10.1. The first-order valence-corrected chi connectivity index (χ1v) is 6.89. The largest absolute Gasteiger partial charge is 0.374 e. The van der Waals surface area contributed by atoms with Gasteiger partial charge in [0.2, 0.25) is 17.8 Å². The van der Waals surface area contributed by atoms with Crippen molar-refractivity contribution in [2.45, 2.75) is 20.3 Å². The molecule has 0 spiro atoms. The Bertz CT molecular complexity index is 417. The number of halogens is 2.